The van der Waals surface area contributed by atoms with E-state index in [0.717, 1.165) is 5.69 Å². The number of aryl methyl sites for hydroxylation is 1. The molecule has 0 unspecified atom stereocenters. The summed E-state index contributed by atoms with van der Waals surface area (Å²) in [6.45, 7) is 1.77. The number of hydrogen-bond acceptors (Lipinski definition) is 4. The molecular formula is C14H9F3N2OS. The summed E-state index contributed by atoms with van der Waals surface area (Å²) in [6.07, 6.45) is -3.45. The minimum atomic E-state index is -4.78. The summed E-state index contributed by atoms with van der Waals surface area (Å²) in [5.41, 5.74) is 1.10. The minimum Gasteiger partial charge on any atom is -0.405 e. The summed E-state index contributed by atoms with van der Waals surface area (Å²) in [5, 5.41) is 11.4. The van der Waals surface area contributed by atoms with Crippen molar-refractivity contribution in [3.05, 3.63) is 45.9 Å². The van der Waals surface area contributed by atoms with E-state index < -0.39 is 6.36 Å². The number of halogens is 3. The number of para-hydroxylation sites is 1. The molecule has 0 amide bonds. The van der Waals surface area contributed by atoms with Crippen LogP contribution in [-0.2, 0) is 0 Å². The first kappa shape index (κ1) is 15.1. The van der Waals surface area contributed by atoms with E-state index in [4.69, 9.17) is 5.26 Å². The summed E-state index contributed by atoms with van der Waals surface area (Å²) >= 11 is 1.26. The quantitative estimate of drug-likeness (QED) is 0.789. The van der Waals surface area contributed by atoms with E-state index in [1.165, 1.54) is 35.6 Å². The van der Waals surface area contributed by atoms with Crippen molar-refractivity contribution in [2.45, 2.75) is 13.3 Å². The lowest BCUT2D eigenvalue weighted by Crippen LogP contribution is -2.17. The number of hydrogen-bond donors (Lipinski definition) is 0. The number of rotatable bonds is 3. The summed E-state index contributed by atoms with van der Waals surface area (Å²) in [4.78, 5) is 4.15. The minimum absolute atomic E-state index is 0.166. The van der Waals surface area contributed by atoms with Gasteiger partial charge in [0.25, 0.3) is 0 Å². The Kier molecular flexibility index (Phi) is 4.29. The van der Waals surface area contributed by atoms with Gasteiger partial charge in [-0.25, -0.2) is 4.98 Å². The number of ether oxygens (including phenoxy) is 1. The van der Waals surface area contributed by atoms with Crippen LogP contribution in [0.2, 0.25) is 0 Å². The van der Waals surface area contributed by atoms with Gasteiger partial charge in [0.2, 0.25) is 0 Å². The number of aromatic nitrogens is 1. The highest BCUT2D eigenvalue weighted by Gasteiger charge is 2.31. The van der Waals surface area contributed by atoms with Crippen LogP contribution >= 0.6 is 11.3 Å². The van der Waals surface area contributed by atoms with E-state index in [0.29, 0.717) is 5.01 Å². The third kappa shape index (κ3) is 4.07. The molecule has 0 radical (unpaired) electrons. The normalized spacial score (nSPS) is 12.0. The Hall–Kier alpha value is -2.33. The molecule has 1 aromatic carbocycles. The summed E-state index contributed by atoms with van der Waals surface area (Å²) < 4.78 is 41.0. The Morgan fingerprint density at radius 1 is 1.38 bits per heavy atom. The molecular weight excluding hydrogens is 301 g/mol. The lowest BCUT2D eigenvalue weighted by atomic mass is 10.1. The van der Waals surface area contributed by atoms with Gasteiger partial charge in [0.05, 0.1) is 5.57 Å². The number of allylic oxidation sites excluding steroid dienone is 1. The largest absolute Gasteiger partial charge is 0.573 e. The fraction of sp³-hybridized carbons (Fsp3) is 0.143. The lowest BCUT2D eigenvalue weighted by Gasteiger charge is -2.11. The van der Waals surface area contributed by atoms with Crippen LogP contribution in [0.25, 0.3) is 11.6 Å². The first-order valence-corrected chi connectivity index (χ1v) is 6.66. The summed E-state index contributed by atoms with van der Waals surface area (Å²) in [7, 11) is 0. The van der Waals surface area contributed by atoms with Crippen LogP contribution in [0.5, 0.6) is 5.75 Å². The smallest absolute Gasteiger partial charge is 0.405 e. The molecule has 7 heteroatoms. The van der Waals surface area contributed by atoms with Gasteiger partial charge < -0.3 is 4.74 Å². The highest BCUT2D eigenvalue weighted by Crippen LogP contribution is 2.29. The molecule has 1 heterocycles. The third-order valence-electron chi connectivity index (χ3n) is 2.41. The van der Waals surface area contributed by atoms with Gasteiger partial charge in [-0.05, 0) is 19.1 Å². The second kappa shape index (κ2) is 5.97. The molecule has 0 saturated heterocycles. The molecule has 0 atom stereocenters. The van der Waals surface area contributed by atoms with E-state index in [1.54, 1.807) is 18.4 Å². The number of nitriles is 1. The summed E-state index contributed by atoms with van der Waals surface area (Å²) in [6, 6.07) is 7.58. The zero-order chi connectivity index (χ0) is 15.5. The van der Waals surface area contributed by atoms with E-state index >= 15 is 0 Å². The van der Waals surface area contributed by atoms with Crippen LogP contribution in [0.3, 0.4) is 0 Å². The first-order chi connectivity index (χ1) is 9.89. The molecule has 1 aromatic heterocycles. The topological polar surface area (TPSA) is 45.9 Å². The Balaban J connectivity index is 2.42. The molecule has 0 spiro atoms. The van der Waals surface area contributed by atoms with Crippen LogP contribution in [0.4, 0.5) is 13.2 Å². The predicted molar refractivity (Wildman–Crippen MR) is 73.5 cm³/mol. The Labute approximate surface area is 122 Å². The van der Waals surface area contributed by atoms with Gasteiger partial charge in [-0.1, -0.05) is 18.2 Å². The number of thiazole rings is 1. The van der Waals surface area contributed by atoms with Gasteiger partial charge in [-0.3, -0.25) is 0 Å². The first-order valence-electron chi connectivity index (χ1n) is 5.78. The molecule has 0 N–H and O–H groups in total. The van der Waals surface area contributed by atoms with Crippen LogP contribution in [0.15, 0.2) is 29.6 Å². The van der Waals surface area contributed by atoms with Gasteiger partial charge in [0.1, 0.15) is 16.8 Å². The third-order valence-corrected chi connectivity index (χ3v) is 3.41. The van der Waals surface area contributed by atoms with Crippen molar-refractivity contribution in [1.29, 1.82) is 5.26 Å². The number of nitrogens with zero attached hydrogens (tertiary/aromatic N) is 2. The molecule has 0 bridgehead atoms. The van der Waals surface area contributed by atoms with Crippen molar-refractivity contribution >= 4 is 23.0 Å². The average Bonchev–Trinajstić information content (AvgIpc) is 2.82. The van der Waals surface area contributed by atoms with Crippen molar-refractivity contribution in [3.63, 3.8) is 0 Å². The molecule has 0 aliphatic heterocycles. The maximum atomic E-state index is 12.3. The maximum Gasteiger partial charge on any atom is 0.573 e. The van der Waals surface area contributed by atoms with Gasteiger partial charge in [0, 0.05) is 16.6 Å². The number of alkyl halides is 3. The van der Waals surface area contributed by atoms with E-state index in [9.17, 15) is 13.2 Å². The molecule has 21 heavy (non-hydrogen) atoms. The van der Waals surface area contributed by atoms with Gasteiger partial charge in [-0.15, -0.1) is 24.5 Å². The van der Waals surface area contributed by atoms with Gasteiger partial charge in [-0.2, -0.15) is 5.26 Å². The molecule has 0 fully saturated rings. The molecule has 108 valence electrons. The van der Waals surface area contributed by atoms with Crippen LogP contribution < -0.4 is 4.74 Å². The van der Waals surface area contributed by atoms with Crippen molar-refractivity contribution in [3.8, 4) is 11.8 Å². The maximum absolute atomic E-state index is 12.3. The lowest BCUT2D eigenvalue weighted by molar-refractivity contribution is -0.274. The van der Waals surface area contributed by atoms with Crippen LogP contribution in [0, 0.1) is 18.3 Å². The fourth-order valence-corrected chi connectivity index (χ4v) is 2.36. The molecule has 0 aliphatic carbocycles. The number of benzene rings is 1. The van der Waals surface area contributed by atoms with Crippen LogP contribution in [-0.4, -0.2) is 11.3 Å². The van der Waals surface area contributed by atoms with E-state index in [2.05, 4.69) is 9.72 Å². The van der Waals surface area contributed by atoms with E-state index in [1.807, 2.05) is 6.07 Å². The molecule has 3 nitrogen and oxygen atoms in total. The molecule has 0 saturated carbocycles. The monoisotopic (exact) mass is 310 g/mol. The van der Waals surface area contributed by atoms with Crippen molar-refractivity contribution < 1.29 is 17.9 Å². The highest BCUT2D eigenvalue weighted by molar-refractivity contribution is 7.11. The Morgan fingerprint density at radius 3 is 2.67 bits per heavy atom. The second-order valence-electron chi connectivity index (χ2n) is 4.05. The SMILES string of the molecule is Cc1csc(/C(C#N)=C\c2ccccc2OC(F)(F)F)n1. The van der Waals surface area contributed by atoms with Crippen molar-refractivity contribution in [2.75, 3.05) is 0 Å². The standard InChI is InChI=1S/C14H9F3N2OS/c1-9-8-21-13(19-9)11(7-18)6-10-4-2-3-5-12(10)20-14(15,16)17/h2-6,8H,1H3/b11-6-. The van der Waals surface area contributed by atoms with Gasteiger partial charge >= 0.3 is 6.36 Å². The van der Waals surface area contributed by atoms with Crippen molar-refractivity contribution in [1.82, 2.24) is 4.98 Å². The molecule has 0 aliphatic rings. The fourth-order valence-electron chi connectivity index (χ4n) is 1.59. The Morgan fingerprint density at radius 2 is 2.10 bits per heavy atom. The molecule has 2 aromatic rings. The summed E-state index contributed by atoms with van der Waals surface area (Å²) in [5.74, 6) is -0.356. The van der Waals surface area contributed by atoms with Gasteiger partial charge in [0.15, 0.2) is 0 Å². The second-order valence-corrected chi connectivity index (χ2v) is 4.91. The predicted octanol–water partition coefficient (Wildman–Crippen LogP) is 4.41. The zero-order valence-corrected chi connectivity index (χ0v) is 11.6. The Bertz CT molecular complexity index is 713. The van der Waals surface area contributed by atoms with E-state index in [-0.39, 0.29) is 16.9 Å². The van der Waals surface area contributed by atoms with Crippen LogP contribution in [0.1, 0.15) is 16.3 Å². The average molecular weight is 310 g/mol. The molecule has 2 rings (SSSR count). The zero-order valence-electron chi connectivity index (χ0n) is 10.8. The highest BCUT2D eigenvalue weighted by atomic mass is 32.1. The van der Waals surface area contributed by atoms with Crippen molar-refractivity contribution in [2.24, 2.45) is 0 Å².